The molecular weight excluding hydrogens is 335 g/mol. The second-order valence-corrected chi connectivity index (χ2v) is 7.21. The number of halogens is 2. The van der Waals surface area contributed by atoms with Gasteiger partial charge < -0.3 is 10.6 Å². The van der Waals surface area contributed by atoms with Crippen molar-refractivity contribution >= 4 is 35.0 Å². The van der Waals surface area contributed by atoms with E-state index in [0.717, 1.165) is 5.56 Å². The Morgan fingerprint density at radius 2 is 1.83 bits per heavy atom. The van der Waals surface area contributed by atoms with Gasteiger partial charge in [0.2, 0.25) is 11.8 Å². The Morgan fingerprint density at radius 1 is 1.17 bits per heavy atom. The van der Waals surface area contributed by atoms with Crippen LogP contribution in [0.3, 0.4) is 0 Å². The van der Waals surface area contributed by atoms with Gasteiger partial charge in [-0.2, -0.15) is 0 Å². The first kappa shape index (κ1) is 18.1. The summed E-state index contributed by atoms with van der Waals surface area (Å²) in [5.41, 5.74) is 0.943. The number of amides is 2. The van der Waals surface area contributed by atoms with Crippen LogP contribution in [0.25, 0.3) is 0 Å². The molecule has 1 aliphatic rings. The first-order valence-corrected chi connectivity index (χ1v) is 8.63. The first-order valence-electron chi connectivity index (χ1n) is 7.88. The van der Waals surface area contributed by atoms with Crippen LogP contribution in [0, 0.1) is 17.8 Å². The van der Waals surface area contributed by atoms with E-state index in [-0.39, 0.29) is 23.7 Å². The van der Waals surface area contributed by atoms with Crippen LogP contribution in [-0.4, -0.2) is 24.9 Å². The molecule has 1 fully saturated rings. The maximum atomic E-state index is 12.0. The van der Waals surface area contributed by atoms with Crippen molar-refractivity contribution in [3.8, 4) is 0 Å². The van der Waals surface area contributed by atoms with Crippen molar-refractivity contribution in [1.82, 2.24) is 10.6 Å². The topological polar surface area (TPSA) is 58.2 Å². The summed E-state index contributed by atoms with van der Waals surface area (Å²) in [5, 5.41) is 6.94. The fourth-order valence-corrected chi connectivity index (χ4v) is 2.89. The van der Waals surface area contributed by atoms with E-state index >= 15 is 0 Å². The van der Waals surface area contributed by atoms with Crippen molar-refractivity contribution in [1.29, 1.82) is 0 Å². The number of carbonyl (C=O) groups excluding carboxylic acids is 2. The first-order chi connectivity index (χ1) is 10.9. The van der Waals surface area contributed by atoms with Crippen molar-refractivity contribution in [3.63, 3.8) is 0 Å². The van der Waals surface area contributed by atoms with Crippen LogP contribution in [-0.2, 0) is 16.0 Å². The van der Waals surface area contributed by atoms with E-state index in [0.29, 0.717) is 41.9 Å². The van der Waals surface area contributed by atoms with Gasteiger partial charge in [0.05, 0.1) is 11.8 Å². The zero-order valence-electron chi connectivity index (χ0n) is 13.4. The molecule has 23 heavy (non-hydrogen) atoms. The lowest BCUT2D eigenvalue weighted by Crippen LogP contribution is -2.32. The molecule has 0 aliphatic heterocycles. The Morgan fingerprint density at radius 3 is 2.43 bits per heavy atom. The Balaban J connectivity index is 1.71. The standard InChI is InChI=1S/C17H22Cl2N2O2/c1-10(2)9-21-17(23)14-8-13(14)16(22)20-6-5-11-3-4-12(18)7-15(11)19/h3-4,7,10,13-14H,5-6,8-9H2,1-2H3,(H,20,22)(H,21,23). The third-order valence-corrected chi connectivity index (χ3v) is 4.44. The minimum absolute atomic E-state index is 0.0143. The van der Waals surface area contributed by atoms with Crippen LogP contribution in [0.5, 0.6) is 0 Å². The molecular formula is C17H22Cl2N2O2. The smallest absolute Gasteiger partial charge is 0.223 e. The molecule has 0 heterocycles. The summed E-state index contributed by atoms with van der Waals surface area (Å²) < 4.78 is 0. The fraction of sp³-hybridized carbons (Fsp3) is 0.529. The average molecular weight is 357 g/mol. The quantitative estimate of drug-likeness (QED) is 0.788. The number of benzene rings is 1. The molecule has 6 heteroatoms. The predicted molar refractivity (Wildman–Crippen MR) is 92.6 cm³/mol. The van der Waals surface area contributed by atoms with Gasteiger partial charge in [-0.1, -0.05) is 43.1 Å². The van der Waals surface area contributed by atoms with Gasteiger partial charge in [-0.25, -0.2) is 0 Å². The summed E-state index contributed by atoms with van der Waals surface area (Å²) in [6, 6.07) is 5.33. The lowest BCUT2D eigenvalue weighted by atomic mass is 10.1. The SMILES string of the molecule is CC(C)CNC(=O)C1CC1C(=O)NCCc1ccc(Cl)cc1Cl. The third kappa shape index (κ3) is 5.40. The summed E-state index contributed by atoms with van der Waals surface area (Å²) >= 11 is 11.9. The number of hydrogen-bond acceptors (Lipinski definition) is 2. The Labute approximate surface area is 146 Å². The molecule has 1 saturated carbocycles. The van der Waals surface area contributed by atoms with Crippen molar-refractivity contribution in [2.24, 2.45) is 17.8 Å². The normalized spacial score (nSPS) is 19.5. The van der Waals surface area contributed by atoms with E-state index in [4.69, 9.17) is 23.2 Å². The van der Waals surface area contributed by atoms with Gasteiger partial charge in [-0.05, 0) is 36.5 Å². The van der Waals surface area contributed by atoms with Crippen molar-refractivity contribution in [2.45, 2.75) is 26.7 Å². The lowest BCUT2D eigenvalue weighted by Gasteiger charge is -2.08. The van der Waals surface area contributed by atoms with Crippen molar-refractivity contribution < 1.29 is 9.59 Å². The monoisotopic (exact) mass is 356 g/mol. The zero-order valence-corrected chi connectivity index (χ0v) is 14.9. The minimum atomic E-state index is -0.192. The van der Waals surface area contributed by atoms with Crippen LogP contribution >= 0.6 is 23.2 Å². The second-order valence-electron chi connectivity index (χ2n) is 6.36. The molecule has 0 saturated heterocycles. The molecule has 1 aliphatic carbocycles. The summed E-state index contributed by atoms with van der Waals surface area (Å²) in [4.78, 5) is 23.9. The van der Waals surface area contributed by atoms with E-state index in [1.54, 1.807) is 12.1 Å². The van der Waals surface area contributed by atoms with Gasteiger partial charge in [0.25, 0.3) is 0 Å². The van der Waals surface area contributed by atoms with E-state index in [1.165, 1.54) is 0 Å². The molecule has 1 aromatic rings. The van der Waals surface area contributed by atoms with Gasteiger partial charge in [0.1, 0.15) is 0 Å². The predicted octanol–water partition coefficient (Wildman–Crippen LogP) is 3.06. The Kier molecular flexibility index (Phi) is 6.31. The summed E-state index contributed by atoms with van der Waals surface area (Å²) in [5.74, 6) is -0.0239. The molecule has 0 spiro atoms. The molecule has 2 unspecified atom stereocenters. The Hall–Kier alpha value is -1.26. The number of nitrogens with one attached hydrogen (secondary N) is 2. The molecule has 4 nitrogen and oxygen atoms in total. The molecule has 0 radical (unpaired) electrons. The van der Waals surface area contributed by atoms with Crippen LogP contribution in [0.15, 0.2) is 18.2 Å². The largest absolute Gasteiger partial charge is 0.356 e. The second kappa shape index (κ2) is 8.02. The zero-order chi connectivity index (χ0) is 17.0. The van der Waals surface area contributed by atoms with E-state index in [2.05, 4.69) is 10.6 Å². The van der Waals surface area contributed by atoms with E-state index in [1.807, 2.05) is 19.9 Å². The van der Waals surface area contributed by atoms with Crippen LogP contribution in [0.2, 0.25) is 10.0 Å². The highest BCUT2D eigenvalue weighted by Gasteiger charge is 2.47. The van der Waals surface area contributed by atoms with Crippen LogP contribution in [0.4, 0.5) is 0 Å². The van der Waals surface area contributed by atoms with Crippen molar-refractivity contribution in [2.75, 3.05) is 13.1 Å². The summed E-state index contributed by atoms with van der Waals surface area (Å²) in [6.07, 6.45) is 1.27. The molecule has 126 valence electrons. The van der Waals surface area contributed by atoms with Crippen LogP contribution in [0.1, 0.15) is 25.8 Å². The molecule has 0 bridgehead atoms. The van der Waals surface area contributed by atoms with E-state index < -0.39 is 0 Å². The fourth-order valence-electron chi connectivity index (χ4n) is 2.39. The molecule has 2 N–H and O–H groups in total. The highest BCUT2D eigenvalue weighted by atomic mass is 35.5. The van der Waals surface area contributed by atoms with Crippen LogP contribution < -0.4 is 10.6 Å². The molecule has 2 atom stereocenters. The minimum Gasteiger partial charge on any atom is -0.356 e. The van der Waals surface area contributed by atoms with Gasteiger partial charge in [-0.3, -0.25) is 9.59 Å². The number of hydrogen-bond donors (Lipinski definition) is 2. The highest BCUT2D eigenvalue weighted by Crippen LogP contribution is 2.38. The lowest BCUT2D eigenvalue weighted by molar-refractivity contribution is -0.127. The number of carbonyl (C=O) groups is 2. The van der Waals surface area contributed by atoms with Gasteiger partial charge in [-0.15, -0.1) is 0 Å². The average Bonchev–Trinajstić information content (AvgIpc) is 3.27. The number of rotatable bonds is 7. The Bertz CT molecular complexity index is 590. The van der Waals surface area contributed by atoms with Gasteiger partial charge in [0, 0.05) is 23.1 Å². The van der Waals surface area contributed by atoms with Gasteiger partial charge >= 0.3 is 0 Å². The molecule has 1 aromatic carbocycles. The maximum Gasteiger partial charge on any atom is 0.223 e. The van der Waals surface area contributed by atoms with Crippen molar-refractivity contribution in [3.05, 3.63) is 33.8 Å². The molecule has 0 aromatic heterocycles. The molecule has 2 amide bonds. The van der Waals surface area contributed by atoms with E-state index in [9.17, 15) is 9.59 Å². The van der Waals surface area contributed by atoms with Gasteiger partial charge in [0.15, 0.2) is 0 Å². The molecule has 2 rings (SSSR count). The third-order valence-electron chi connectivity index (χ3n) is 3.86. The highest BCUT2D eigenvalue weighted by molar-refractivity contribution is 6.35. The summed E-state index contributed by atoms with van der Waals surface area (Å²) in [7, 11) is 0. The summed E-state index contributed by atoms with van der Waals surface area (Å²) in [6.45, 7) is 5.23. The maximum absolute atomic E-state index is 12.0.